The molecule has 1 amide bonds. The molecule has 4 aromatic rings. The molecule has 0 fully saturated rings. The van der Waals surface area contributed by atoms with E-state index in [0.29, 0.717) is 21.5 Å². The standard InChI is InChI=1S/C28H26Cl2N4O4S/c1-19-15-21(20(2)34(19)27-14-9-22(29)16-26(27)30)17-31-32-28(35)18-33(23-7-5-4-6-8-23)39(36,37)25-12-10-24(38-3)11-13-25/h4-17H,18H2,1-3H3,(H,32,35)/b31-17+. The zero-order chi connectivity index (χ0) is 28.2. The molecule has 1 N–H and O–H groups in total. The number of carbonyl (C=O) groups excluding carboxylic acids is 1. The maximum atomic E-state index is 13.5. The maximum absolute atomic E-state index is 13.5. The number of carbonyl (C=O) groups is 1. The number of nitrogens with zero attached hydrogens (tertiary/aromatic N) is 3. The SMILES string of the molecule is COc1ccc(S(=O)(=O)N(CC(=O)N/N=C/c2cc(C)n(-c3ccc(Cl)cc3Cl)c2C)c2ccccc2)cc1. The van der Waals surface area contributed by atoms with Gasteiger partial charge in [-0.05, 0) is 74.5 Å². The number of para-hydroxylation sites is 1. The first-order valence-corrected chi connectivity index (χ1v) is 14.0. The van der Waals surface area contributed by atoms with Crippen molar-refractivity contribution in [2.45, 2.75) is 18.7 Å². The van der Waals surface area contributed by atoms with E-state index < -0.39 is 22.5 Å². The molecule has 0 saturated carbocycles. The van der Waals surface area contributed by atoms with Crippen LogP contribution in [0.25, 0.3) is 5.69 Å². The van der Waals surface area contributed by atoms with Gasteiger partial charge >= 0.3 is 0 Å². The van der Waals surface area contributed by atoms with Crippen LogP contribution in [0.1, 0.15) is 17.0 Å². The Kier molecular flexibility index (Phi) is 8.64. The summed E-state index contributed by atoms with van der Waals surface area (Å²) in [6.45, 7) is 3.35. The van der Waals surface area contributed by atoms with Gasteiger partial charge in [-0.25, -0.2) is 13.8 Å². The fraction of sp³-hybridized carbons (Fsp3) is 0.143. The molecule has 202 valence electrons. The van der Waals surface area contributed by atoms with Crippen LogP contribution >= 0.6 is 23.2 Å². The van der Waals surface area contributed by atoms with Crippen LogP contribution in [0.4, 0.5) is 5.69 Å². The van der Waals surface area contributed by atoms with Gasteiger partial charge in [-0.15, -0.1) is 0 Å². The highest BCUT2D eigenvalue weighted by Gasteiger charge is 2.27. The van der Waals surface area contributed by atoms with Crippen LogP contribution in [0.3, 0.4) is 0 Å². The third-order valence-corrected chi connectivity index (χ3v) is 8.32. The topological polar surface area (TPSA) is 93.0 Å². The molecule has 8 nitrogen and oxygen atoms in total. The predicted molar refractivity (Wildman–Crippen MR) is 155 cm³/mol. The zero-order valence-corrected chi connectivity index (χ0v) is 23.8. The van der Waals surface area contributed by atoms with E-state index in [1.807, 2.05) is 30.5 Å². The van der Waals surface area contributed by atoms with Crippen LogP contribution in [0.5, 0.6) is 5.75 Å². The molecule has 0 aliphatic carbocycles. The quantitative estimate of drug-likeness (QED) is 0.200. The molecular weight excluding hydrogens is 559 g/mol. The number of rotatable bonds is 9. The Bertz CT molecular complexity index is 1620. The number of hydrazone groups is 1. The summed E-state index contributed by atoms with van der Waals surface area (Å²) >= 11 is 12.4. The second-order valence-electron chi connectivity index (χ2n) is 8.57. The van der Waals surface area contributed by atoms with E-state index in [2.05, 4.69) is 10.5 Å². The molecule has 0 aliphatic rings. The third-order valence-electron chi connectivity index (χ3n) is 5.99. The number of anilines is 1. The lowest BCUT2D eigenvalue weighted by Gasteiger charge is -2.23. The maximum Gasteiger partial charge on any atom is 0.264 e. The monoisotopic (exact) mass is 584 g/mol. The summed E-state index contributed by atoms with van der Waals surface area (Å²) in [6, 6.07) is 21.5. The smallest absolute Gasteiger partial charge is 0.264 e. The van der Waals surface area contributed by atoms with E-state index in [-0.39, 0.29) is 4.90 Å². The summed E-state index contributed by atoms with van der Waals surface area (Å²) in [4.78, 5) is 12.9. The van der Waals surface area contributed by atoms with E-state index in [1.165, 1.54) is 25.5 Å². The Morgan fingerprint density at radius 1 is 1.03 bits per heavy atom. The van der Waals surface area contributed by atoms with Gasteiger partial charge < -0.3 is 9.30 Å². The molecular formula is C28H26Cl2N4O4S. The van der Waals surface area contributed by atoms with E-state index >= 15 is 0 Å². The van der Waals surface area contributed by atoms with Gasteiger partial charge in [0.2, 0.25) is 0 Å². The number of hydrogen-bond donors (Lipinski definition) is 1. The fourth-order valence-electron chi connectivity index (χ4n) is 4.08. The first-order chi connectivity index (χ1) is 18.6. The summed E-state index contributed by atoms with van der Waals surface area (Å²) in [7, 11) is -2.56. The van der Waals surface area contributed by atoms with Crippen molar-refractivity contribution in [3.8, 4) is 11.4 Å². The van der Waals surface area contributed by atoms with Crippen LogP contribution in [-0.2, 0) is 14.8 Å². The number of amides is 1. The first kappa shape index (κ1) is 28.2. The molecule has 1 aromatic heterocycles. The fourth-order valence-corrected chi connectivity index (χ4v) is 5.99. The average molecular weight is 586 g/mol. The average Bonchev–Trinajstić information content (AvgIpc) is 3.20. The summed E-state index contributed by atoms with van der Waals surface area (Å²) in [5.74, 6) is -0.0910. The van der Waals surface area contributed by atoms with Crippen LogP contribution in [-0.4, -0.2) is 38.8 Å². The molecule has 3 aromatic carbocycles. The summed E-state index contributed by atoms with van der Waals surface area (Å²) < 4.78 is 35.1. The van der Waals surface area contributed by atoms with Gasteiger partial charge in [-0.1, -0.05) is 41.4 Å². The second-order valence-corrected chi connectivity index (χ2v) is 11.3. The molecule has 0 aliphatic heterocycles. The number of benzene rings is 3. The first-order valence-electron chi connectivity index (χ1n) is 11.8. The van der Waals surface area contributed by atoms with Gasteiger partial charge in [-0.3, -0.25) is 9.10 Å². The normalized spacial score (nSPS) is 11.5. The van der Waals surface area contributed by atoms with Crippen molar-refractivity contribution in [3.63, 3.8) is 0 Å². The van der Waals surface area contributed by atoms with Gasteiger partial charge in [0.1, 0.15) is 12.3 Å². The molecule has 11 heteroatoms. The van der Waals surface area contributed by atoms with Crippen LogP contribution < -0.4 is 14.5 Å². The predicted octanol–water partition coefficient (Wildman–Crippen LogP) is 5.76. The van der Waals surface area contributed by atoms with E-state index in [1.54, 1.807) is 54.6 Å². The lowest BCUT2D eigenvalue weighted by molar-refractivity contribution is -0.119. The molecule has 0 spiro atoms. The second kappa shape index (κ2) is 11.9. The van der Waals surface area contributed by atoms with Crippen molar-refractivity contribution >= 4 is 51.0 Å². The van der Waals surface area contributed by atoms with Gasteiger partial charge in [0, 0.05) is 22.0 Å². The van der Waals surface area contributed by atoms with Crippen molar-refractivity contribution in [1.29, 1.82) is 0 Å². The largest absolute Gasteiger partial charge is 0.497 e. The summed E-state index contributed by atoms with van der Waals surface area (Å²) in [5.41, 5.74) is 6.06. The Hall–Kier alpha value is -3.79. The summed E-state index contributed by atoms with van der Waals surface area (Å²) in [5, 5.41) is 5.12. The highest BCUT2D eigenvalue weighted by molar-refractivity contribution is 7.92. The van der Waals surface area contributed by atoms with Crippen molar-refractivity contribution in [3.05, 3.63) is 106 Å². The molecule has 0 bridgehead atoms. The van der Waals surface area contributed by atoms with Crippen LogP contribution in [0.15, 0.2) is 88.9 Å². The highest BCUT2D eigenvalue weighted by Crippen LogP contribution is 2.29. The highest BCUT2D eigenvalue weighted by atomic mass is 35.5. The van der Waals surface area contributed by atoms with Gasteiger partial charge in [0.05, 0.1) is 34.6 Å². The number of nitrogens with one attached hydrogen (secondary N) is 1. The number of halogens is 2. The minimum absolute atomic E-state index is 0.0248. The Morgan fingerprint density at radius 3 is 2.36 bits per heavy atom. The molecule has 0 radical (unpaired) electrons. The minimum atomic E-state index is -4.06. The van der Waals surface area contributed by atoms with E-state index in [4.69, 9.17) is 27.9 Å². The summed E-state index contributed by atoms with van der Waals surface area (Å²) in [6.07, 6.45) is 1.51. The van der Waals surface area contributed by atoms with Gasteiger partial charge in [0.15, 0.2) is 0 Å². The minimum Gasteiger partial charge on any atom is -0.497 e. The Labute approximate surface area is 237 Å². The zero-order valence-electron chi connectivity index (χ0n) is 21.4. The van der Waals surface area contributed by atoms with Crippen LogP contribution in [0.2, 0.25) is 10.0 Å². The number of aryl methyl sites for hydroxylation is 1. The lowest BCUT2D eigenvalue weighted by atomic mass is 10.2. The lowest BCUT2D eigenvalue weighted by Crippen LogP contribution is -2.39. The van der Waals surface area contributed by atoms with Crippen molar-refractivity contribution < 1.29 is 17.9 Å². The molecule has 0 unspecified atom stereocenters. The number of hydrogen-bond acceptors (Lipinski definition) is 5. The van der Waals surface area contributed by atoms with Gasteiger partial charge in [-0.2, -0.15) is 5.10 Å². The molecule has 0 atom stereocenters. The Morgan fingerprint density at radius 2 is 1.72 bits per heavy atom. The number of ether oxygens (including phenoxy) is 1. The Balaban J connectivity index is 1.54. The molecule has 0 saturated heterocycles. The van der Waals surface area contributed by atoms with Crippen molar-refractivity contribution in [1.82, 2.24) is 9.99 Å². The van der Waals surface area contributed by atoms with Crippen molar-refractivity contribution in [2.24, 2.45) is 5.10 Å². The number of sulfonamides is 1. The molecule has 4 rings (SSSR count). The number of methoxy groups -OCH3 is 1. The van der Waals surface area contributed by atoms with Gasteiger partial charge in [0.25, 0.3) is 15.9 Å². The number of aromatic nitrogens is 1. The third kappa shape index (κ3) is 6.27. The van der Waals surface area contributed by atoms with Crippen molar-refractivity contribution in [2.75, 3.05) is 18.0 Å². The molecule has 39 heavy (non-hydrogen) atoms. The van der Waals surface area contributed by atoms with E-state index in [0.717, 1.165) is 26.9 Å². The van der Waals surface area contributed by atoms with Crippen LogP contribution in [0, 0.1) is 13.8 Å². The van der Waals surface area contributed by atoms with E-state index in [9.17, 15) is 13.2 Å². The molecule has 1 heterocycles.